The fourth-order valence-electron chi connectivity index (χ4n) is 1.46. The monoisotopic (exact) mass is 237 g/mol. The highest BCUT2D eigenvalue weighted by Gasteiger charge is 2.10. The average molecular weight is 237 g/mol. The van der Waals surface area contributed by atoms with E-state index in [9.17, 15) is 4.79 Å². The lowest BCUT2D eigenvalue weighted by molar-refractivity contribution is -0.119. The lowest BCUT2D eigenvalue weighted by Gasteiger charge is -2.21. The highest BCUT2D eigenvalue weighted by molar-refractivity contribution is 5.81. The van der Waals surface area contributed by atoms with Gasteiger partial charge >= 0.3 is 0 Å². The van der Waals surface area contributed by atoms with Gasteiger partial charge in [-0.2, -0.15) is 0 Å². The first-order valence-corrected chi connectivity index (χ1v) is 5.66. The van der Waals surface area contributed by atoms with Crippen LogP contribution in [0.5, 0.6) is 0 Å². The van der Waals surface area contributed by atoms with E-state index in [2.05, 4.69) is 15.7 Å². The number of nitrogens with one attached hydrogen (secondary N) is 2. The van der Waals surface area contributed by atoms with Gasteiger partial charge in [0, 0.05) is 13.1 Å². The fourth-order valence-corrected chi connectivity index (χ4v) is 1.46. The molecule has 0 unspecified atom stereocenters. The maximum atomic E-state index is 11.5. The van der Waals surface area contributed by atoms with Crippen LogP contribution in [-0.2, 0) is 4.79 Å². The summed E-state index contributed by atoms with van der Waals surface area (Å²) < 4.78 is 0. The molecule has 1 heterocycles. The number of pyridine rings is 1. The molecule has 0 saturated heterocycles. The summed E-state index contributed by atoms with van der Waals surface area (Å²) in [6.07, 6.45) is 0. The Morgan fingerprint density at radius 1 is 1.47 bits per heavy atom. The van der Waals surface area contributed by atoms with Crippen molar-refractivity contribution in [2.75, 3.05) is 30.0 Å². The van der Waals surface area contributed by atoms with Crippen molar-refractivity contribution in [3.63, 3.8) is 0 Å². The van der Waals surface area contributed by atoms with Gasteiger partial charge in [0.25, 0.3) is 0 Å². The molecule has 0 bridgehead atoms. The number of carbonyl (C=O) groups excluding carboxylic acids is 1. The van der Waals surface area contributed by atoms with Crippen molar-refractivity contribution in [2.45, 2.75) is 13.8 Å². The number of aromatic nitrogens is 1. The van der Waals surface area contributed by atoms with Crippen molar-refractivity contribution in [1.29, 1.82) is 0 Å². The van der Waals surface area contributed by atoms with Crippen LogP contribution in [0.2, 0.25) is 0 Å². The molecule has 0 aromatic carbocycles. The van der Waals surface area contributed by atoms with Gasteiger partial charge in [0.1, 0.15) is 11.6 Å². The van der Waals surface area contributed by atoms with Gasteiger partial charge in [-0.3, -0.25) is 4.79 Å². The molecule has 6 heteroatoms. The first kappa shape index (κ1) is 13.2. The van der Waals surface area contributed by atoms with Crippen LogP contribution < -0.4 is 21.5 Å². The van der Waals surface area contributed by atoms with Crippen LogP contribution in [-0.4, -0.2) is 30.5 Å². The predicted molar refractivity (Wildman–Crippen MR) is 68.6 cm³/mol. The minimum absolute atomic E-state index is 0.0118. The standard InChI is InChI=1S/C11H19N5O/c1-3-13-11(17)8-16(4-2)10-7-5-6-9(14-10)15-12/h5-7H,3-4,8,12H2,1-2H3,(H,13,17)(H,14,15). The Bertz CT molecular complexity index is 369. The third-order valence-electron chi connectivity index (χ3n) is 2.30. The molecule has 4 N–H and O–H groups in total. The van der Waals surface area contributed by atoms with Gasteiger partial charge in [0.2, 0.25) is 5.91 Å². The lowest BCUT2D eigenvalue weighted by atomic mass is 10.4. The summed E-state index contributed by atoms with van der Waals surface area (Å²) in [7, 11) is 0. The van der Waals surface area contributed by atoms with Crippen LogP contribution in [0.1, 0.15) is 13.8 Å². The van der Waals surface area contributed by atoms with Gasteiger partial charge in [0.15, 0.2) is 0 Å². The molecule has 1 amide bonds. The van der Waals surface area contributed by atoms with E-state index < -0.39 is 0 Å². The number of hydrogen-bond acceptors (Lipinski definition) is 5. The molecule has 1 aromatic heterocycles. The minimum Gasteiger partial charge on any atom is -0.355 e. The molecular formula is C11H19N5O. The Hall–Kier alpha value is -1.82. The van der Waals surface area contributed by atoms with Crippen molar-refractivity contribution < 1.29 is 4.79 Å². The molecule has 0 aliphatic rings. The Balaban J connectivity index is 2.74. The van der Waals surface area contributed by atoms with E-state index in [1.54, 1.807) is 6.07 Å². The molecule has 17 heavy (non-hydrogen) atoms. The predicted octanol–water partition coefficient (Wildman–Crippen LogP) is 0.330. The van der Waals surface area contributed by atoms with Crippen LogP contribution in [0.15, 0.2) is 18.2 Å². The Kier molecular flexibility index (Phi) is 5.22. The number of amides is 1. The summed E-state index contributed by atoms with van der Waals surface area (Å²) in [5.41, 5.74) is 2.49. The maximum absolute atomic E-state index is 11.5. The molecule has 1 aromatic rings. The largest absolute Gasteiger partial charge is 0.355 e. The number of carbonyl (C=O) groups is 1. The van der Waals surface area contributed by atoms with E-state index in [1.165, 1.54) is 0 Å². The van der Waals surface area contributed by atoms with Crippen molar-refractivity contribution in [3.8, 4) is 0 Å². The van der Waals surface area contributed by atoms with Crippen molar-refractivity contribution in [3.05, 3.63) is 18.2 Å². The number of nitrogens with zero attached hydrogens (tertiary/aromatic N) is 2. The first-order chi connectivity index (χ1) is 8.21. The van der Waals surface area contributed by atoms with E-state index in [4.69, 9.17) is 5.84 Å². The summed E-state index contributed by atoms with van der Waals surface area (Å²) >= 11 is 0. The number of hydrogen-bond donors (Lipinski definition) is 3. The van der Waals surface area contributed by atoms with Crippen molar-refractivity contribution >= 4 is 17.5 Å². The summed E-state index contributed by atoms with van der Waals surface area (Å²) in [5.74, 6) is 6.60. The summed E-state index contributed by atoms with van der Waals surface area (Å²) in [4.78, 5) is 17.7. The Morgan fingerprint density at radius 3 is 2.82 bits per heavy atom. The Morgan fingerprint density at radius 2 is 2.24 bits per heavy atom. The third-order valence-corrected chi connectivity index (χ3v) is 2.30. The van der Waals surface area contributed by atoms with Gasteiger partial charge in [-0.1, -0.05) is 6.07 Å². The van der Waals surface area contributed by atoms with E-state index in [1.807, 2.05) is 30.9 Å². The van der Waals surface area contributed by atoms with Gasteiger partial charge in [-0.15, -0.1) is 0 Å². The van der Waals surface area contributed by atoms with Gasteiger partial charge in [0.05, 0.1) is 6.54 Å². The summed E-state index contributed by atoms with van der Waals surface area (Å²) in [6.45, 7) is 5.51. The van der Waals surface area contributed by atoms with E-state index in [0.717, 1.165) is 5.82 Å². The highest BCUT2D eigenvalue weighted by atomic mass is 16.2. The maximum Gasteiger partial charge on any atom is 0.239 e. The second-order valence-electron chi connectivity index (χ2n) is 3.49. The highest BCUT2D eigenvalue weighted by Crippen LogP contribution is 2.12. The number of likely N-dealkylation sites (N-methyl/N-ethyl adjacent to an activating group) is 2. The molecule has 1 rings (SSSR count). The smallest absolute Gasteiger partial charge is 0.239 e. The van der Waals surface area contributed by atoms with Gasteiger partial charge in [-0.05, 0) is 26.0 Å². The molecular weight excluding hydrogens is 218 g/mol. The molecule has 6 nitrogen and oxygen atoms in total. The molecule has 0 spiro atoms. The topological polar surface area (TPSA) is 83.3 Å². The second-order valence-corrected chi connectivity index (χ2v) is 3.49. The zero-order valence-electron chi connectivity index (χ0n) is 10.2. The van der Waals surface area contributed by atoms with Gasteiger partial charge < -0.3 is 15.6 Å². The van der Waals surface area contributed by atoms with E-state index >= 15 is 0 Å². The fraction of sp³-hybridized carbons (Fsp3) is 0.455. The first-order valence-electron chi connectivity index (χ1n) is 5.66. The summed E-state index contributed by atoms with van der Waals surface area (Å²) in [6, 6.07) is 5.46. The minimum atomic E-state index is -0.0118. The number of anilines is 2. The molecule has 0 atom stereocenters. The number of rotatable bonds is 6. The zero-order chi connectivity index (χ0) is 12.7. The zero-order valence-corrected chi connectivity index (χ0v) is 10.2. The number of nitrogens with two attached hydrogens (primary N) is 1. The average Bonchev–Trinajstić information content (AvgIpc) is 2.36. The van der Waals surface area contributed by atoms with Crippen molar-refractivity contribution in [1.82, 2.24) is 10.3 Å². The second kappa shape index (κ2) is 6.70. The van der Waals surface area contributed by atoms with Crippen LogP contribution in [0.3, 0.4) is 0 Å². The SMILES string of the molecule is CCNC(=O)CN(CC)c1cccc(NN)n1. The van der Waals surface area contributed by atoms with Crippen molar-refractivity contribution in [2.24, 2.45) is 5.84 Å². The molecule has 0 radical (unpaired) electrons. The van der Waals surface area contributed by atoms with E-state index in [0.29, 0.717) is 25.5 Å². The Labute approximate surface area is 101 Å². The molecule has 0 saturated carbocycles. The summed E-state index contributed by atoms with van der Waals surface area (Å²) in [5, 5.41) is 2.76. The van der Waals surface area contributed by atoms with Crippen LogP contribution in [0, 0.1) is 0 Å². The molecule has 0 aliphatic heterocycles. The normalized spacial score (nSPS) is 9.82. The number of hydrazine groups is 1. The van der Waals surface area contributed by atoms with Crippen LogP contribution >= 0.6 is 0 Å². The van der Waals surface area contributed by atoms with Gasteiger partial charge in [-0.25, -0.2) is 10.8 Å². The molecule has 94 valence electrons. The third kappa shape index (κ3) is 3.92. The molecule has 0 fully saturated rings. The quantitative estimate of drug-likeness (QED) is 0.490. The van der Waals surface area contributed by atoms with E-state index in [-0.39, 0.29) is 5.91 Å². The van der Waals surface area contributed by atoms with Crippen LogP contribution in [0.4, 0.5) is 11.6 Å². The molecule has 0 aliphatic carbocycles. The number of nitrogen functional groups attached to an aromatic ring is 1. The lowest BCUT2D eigenvalue weighted by Crippen LogP contribution is -2.37. The van der Waals surface area contributed by atoms with Crippen LogP contribution in [0.25, 0.3) is 0 Å².